The van der Waals surface area contributed by atoms with Gasteiger partial charge in [0.25, 0.3) is 0 Å². The molecule has 1 aromatic rings. The molecule has 3 nitrogen and oxygen atoms in total. The van der Waals surface area contributed by atoms with Crippen molar-refractivity contribution in [2.75, 3.05) is 26.3 Å². The molecule has 30 heavy (non-hydrogen) atoms. The van der Waals surface area contributed by atoms with Gasteiger partial charge in [-0.15, -0.1) is 0 Å². The van der Waals surface area contributed by atoms with Crippen LogP contribution in [0.3, 0.4) is 0 Å². The molecule has 1 aromatic carbocycles. The Morgan fingerprint density at radius 2 is 0.833 bits per heavy atom. The first-order valence-electron chi connectivity index (χ1n) is 7.32. The van der Waals surface area contributed by atoms with Gasteiger partial charge in [-0.3, -0.25) is 4.79 Å². The first kappa shape index (κ1) is 37.0. The van der Waals surface area contributed by atoms with E-state index in [1.165, 1.54) is 0 Å². The van der Waals surface area contributed by atoms with Crippen molar-refractivity contribution in [2.45, 2.75) is 0 Å². The van der Waals surface area contributed by atoms with Crippen LogP contribution in [0.15, 0.2) is 36.4 Å². The van der Waals surface area contributed by atoms with Crippen LogP contribution in [0.1, 0.15) is 1.43 Å². The maximum absolute atomic E-state index is 10.0. The Kier molecular flexibility index (Phi) is 25.3. The Labute approximate surface area is 208 Å². The average molecular weight is 494 g/mol. The molecule has 1 aliphatic heterocycles. The molecule has 0 atom stereocenters. The molecule has 0 aliphatic carbocycles. The molecule has 1 aliphatic rings. The summed E-state index contributed by atoms with van der Waals surface area (Å²) >= 11 is 0. The third-order valence-electron chi connectivity index (χ3n) is 1.86. The number of ether oxygens (including phenoxy) is 1. The zero-order valence-corrected chi connectivity index (χ0v) is 18.5. The van der Waals surface area contributed by atoms with E-state index >= 15 is 0 Å². The summed E-state index contributed by atoms with van der Waals surface area (Å²) in [6.45, 7) is 2.89. The number of carbonyl (C=O) groups is 1. The van der Waals surface area contributed by atoms with E-state index < -0.39 is 21.8 Å². The molecule has 0 aromatic heterocycles. The average Bonchev–Trinajstić information content (AvgIpc) is 2.53. The number of rotatable bonds is 1. The Bertz CT molecular complexity index is 420. The monoisotopic (exact) mass is 494 g/mol. The van der Waals surface area contributed by atoms with Crippen molar-refractivity contribution in [2.24, 2.45) is 0 Å². The van der Waals surface area contributed by atoms with Gasteiger partial charge in [-0.1, -0.05) is 36.4 Å². The first-order valence-corrected chi connectivity index (χ1v) is 7.32. The molecule has 0 saturated carbocycles. The van der Waals surface area contributed by atoms with Crippen LogP contribution in [0.2, 0.25) is 0 Å². The largest absolute Gasteiger partial charge is 1.00 e. The third-order valence-corrected chi connectivity index (χ3v) is 1.86. The topological polar surface area (TPSA) is 29.5 Å². The predicted octanol–water partition coefficient (Wildman–Crippen LogP) is 2.18. The molecule has 2 rings (SSSR count). The molecule has 1 saturated heterocycles. The van der Waals surface area contributed by atoms with Gasteiger partial charge < -0.3 is 62.9 Å². The number of amides is 1. The first-order chi connectivity index (χ1) is 12.9. The summed E-state index contributed by atoms with van der Waals surface area (Å²) < 4.78 is 122. The quantitative estimate of drug-likeness (QED) is 0.341. The van der Waals surface area contributed by atoms with Gasteiger partial charge in [0.15, 0.2) is 0 Å². The fourth-order valence-corrected chi connectivity index (χ4v) is 1.07. The van der Waals surface area contributed by atoms with Crippen molar-refractivity contribution >= 4 is 28.2 Å². The molecule has 0 unspecified atom stereocenters. The molecule has 1 heterocycles. The summed E-state index contributed by atoms with van der Waals surface area (Å²) in [5.74, 6) is 0. The van der Waals surface area contributed by atoms with Gasteiger partial charge in [0.1, 0.15) is 0 Å². The Hall–Kier alpha value is -0.359. The second kappa shape index (κ2) is 20.5. The summed E-state index contributed by atoms with van der Waals surface area (Å²) in [5.41, 5.74) is 0. The van der Waals surface area contributed by atoms with Crippen LogP contribution in [-0.2, 0) is 9.53 Å². The van der Waals surface area contributed by atoms with Gasteiger partial charge in [0.05, 0.1) is 13.2 Å². The van der Waals surface area contributed by atoms with Crippen LogP contribution in [0, 0.1) is 0 Å². The summed E-state index contributed by atoms with van der Waals surface area (Å²) in [5, 5.41) is 0. The van der Waals surface area contributed by atoms with E-state index in [9.17, 15) is 56.6 Å². The molecule has 0 N–H and O–H groups in total. The van der Waals surface area contributed by atoms with E-state index in [0.29, 0.717) is 13.2 Å². The smallest absolute Gasteiger partial charge is 1.00 e. The molecule has 0 bridgehead atoms. The van der Waals surface area contributed by atoms with Gasteiger partial charge in [-0.05, 0) is 0 Å². The van der Waals surface area contributed by atoms with Crippen LogP contribution >= 0.6 is 0 Å². The summed E-state index contributed by atoms with van der Waals surface area (Å²) in [7, 11) is -18.0. The molecule has 1 amide bonds. The molecule has 174 valence electrons. The van der Waals surface area contributed by atoms with E-state index in [1.54, 1.807) is 4.90 Å². The minimum atomic E-state index is -6.00. The summed E-state index contributed by atoms with van der Waals surface area (Å²) in [6.07, 6.45) is 0.864. The van der Waals surface area contributed by atoms with Gasteiger partial charge in [0.2, 0.25) is 6.41 Å². The van der Waals surface area contributed by atoms with Crippen LogP contribution in [-0.4, -0.2) is 59.4 Å². The minimum absolute atomic E-state index is 0. The zero-order valence-electron chi connectivity index (χ0n) is 16.4. The second-order valence-corrected chi connectivity index (χ2v) is 4.39. The number of morpholine rings is 1. The van der Waals surface area contributed by atoms with Gasteiger partial charge in [-0.25, -0.2) is 0 Å². The van der Waals surface area contributed by atoms with Crippen LogP contribution < -0.4 is 51.4 Å². The molecular weight excluding hydrogens is 478 g/mol. The van der Waals surface area contributed by atoms with Crippen LogP contribution in [0.5, 0.6) is 0 Å². The van der Waals surface area contributed by atoms with Crippen molar-refractivity contribution in [3.63, 3.8) is 0 Å². The Morgan fingerprint density at radius 1 is 0.633 bits per heavy atom. The van der Waals surface area contributed by atoms with Crippen molar-refractivity contribution in [3.8, 4) is 0 Å². The molecular formula is C11H16B3F12KNO2-3. The van der Waals surface area contributed by atoms with E-state index in [1.807, 2.05) is 36.4 Å². The van der Waals surface area contributed by atoms with Gasteiger partial charge >= 0.3 is 73.1 Å². The van der Waals surface area contributed by atoms with E-state index in [-0.39, 0.29) is 52.8 Å². The molecule has 19 heteroatoms. The van der Waals surface area contributed by atoms with Crippen molar-refractivity contribution in [3.05, 3.63) is 36.4 Å². The number of hydrogen-bond donors (Lipinski definition) is 0. The minimum Gasteiger partial charge on any atom is -1.00 e. The Balaban J connectivity index is -0.0000000909. The standard InChI is InChI=1S/C6H6.C5H9NO2.3BF4.K.H/c1-2-4-6-5-3-1;7-5-6-1-3-8-4-2-6;3*2-1(3,4)5;;/h1-6H;5H,1-4H2;;;;;/q;;3*-1;+1;-1. The second-order valence-electron chi connectivity index (χ2n) is 4.39. The maximum atomic E-state index is 10.0. The summed E-state index contributed by atoms with van der Waals surface area (Å²) in [4.78, 5) is 11.7. The van der Waals surface area contributed by atoms with Crippen molar-refractivity contribution in [1.82, 2.24) is 4.90 Å². The number of hydrogen-bond acceptors (Lipinski definition) is 2. The maximum Gasteiger partial charge on any atom is 1.00 e. The fourth-order valence-electron chi connectivity index (χ4n) is 1.07. The van der Waals surface area contributed by atoms with Crippen LogP contribution in [0.4, 0.5) is 51.8 Å². The van der Waals surface area contributed by atoms with E-state index in [0.717, 1.165) is 19.5 Å². The van der Waals surface area contributed by atoms with Crippen molar-refractivity contribution in [1.29, 1.82) is 0 Å². The van der Waals surface area contributed by atoms with Crippen molar-refractivity contribution < 1.29 is 114 Å². The van der Waals surface area contributed by atoms with Gasteiger partial charge in [0, 0.05) is 13.1 Å². The fraction of sp³-hybridized carbons (Fsp3) is 0.364. The zero-order chi connectivity index (χ0) is 23.6. The Morgan fingerprint density at radius 3 is 0.967 bits per heavy atom. The van der Waals surface area contributed by atoms with Gasteiger partial charge in [-0.2, -0.15) is 0 Å². The van der Waals surface area contributed by atoms with Crippen LogP contribution in [0.25, 0.3) is 0 Å². The SMILES string of the molecule is F[B-](F)(F)F.F[B-](F)(F)F.F[B-](F)(F)F.O=CN1CCOCC1.[H-].[K+].c1ccccc1. The number of benzene rings is 1. The third kappa shape index (κ3) is 80.2. The number of carbonyl (C=O) groups excluding carboxylic acids is 1. The molecule has 0 radical (unpaired) electrons. The predicted molar refractivity (Wildman–Crippen MR) is 86.6 cm³/mol. The molecule has 0 spiro atoms. The molecule has 1 fully saturated rings. The number of nitrogens with zero attached hydrogens (tertiary/aromatic N) is 1. The normalized spacial score (nSPS) is 13.1. The number of halogens is 12. The van der Waals surface area contributed by atoms with E-state index in [4.69, 9.17) is 4.74 Å². The van der Waals surface area contributed by atoms with E-state index in [2.05, 4.69) is 0 Å². The summed E-state index contributed by atoms with van der Waals surface area (Å²) in [6, 6.07) is 12.0.